The van der Waals surface area contributed by atoms with Crippen LogP contribution in [0.5, 0.6) is 0 Å². The van der Waals surface area contributed by atoms with Crippen LogP contribution in [0.2, 0.25) is 0 Å². The lowest BCUT2D eigenvalue weighted by Gasteiger charge is -2.27. The molecule has 1 aromatic rings. The molecule has 1 rings (SSSR count). The normalized spacial score (nSPS) is 10.7. The number of aromatic carboxylic acids is 1. The summed E-state index contributed by atoms with van der Waals surface area (Å²) in [5, 5.41) is 10.8. The van der Waals surface area contributed by atoms with Gasteiger partial charge in [-0.05, 0) is 26.3 Å². The summed E-state index contributed by atoms with van der Waals surface area (Å²) in [4.78, 5) is 13.4. The molecule has 84 valence electrons. The molecule has 0 aliphatic carbocycles. The van der Waals surface area contributed by atoms with Crippen molar-refractivity contribution in [2.24, 2.45) is 0 Å². The Labute approximate surface area is 94.3 Å². The number of hydrogen-bond acceptors (Lipinski definition) is 3. The lowest BCUT2D eigenvalue weighted by Crippen LogP contribution is -2.30. The third kappa shape index (κ3) is 2.96. The zero-order valence-electron chi connectivity index (χ0n) is 9.36. The number of nitrogens with zero attached hydrogens (tertiary/aromatic N) is 1. The maximum Gasteiger partial charge on any atom is 0.345 e. The van der Waals surface area contributed by atoms with Crippen LogP contribution in [-0.4, -0.2) is 23.7 Å². The van der Waals surface area contributed by atoms with E-state index in [4.69, 9.17) is 5.11 Å². The smallest absolute Gasteiger partial charge is 0.345 e. The minimum Gasteiger partial charge on any atom is -0.477 e. The summed E-state index contributed by atoms with van der Waals surface area (Å²) in [5.41, 5.74) is 1.02. The summed E-state index contributed by atoms with van der Waals surface area (Å²) < 4.78 is 0. The highest BCUT2D eigenvalue weighted by molar-refractivity contribution is 7.12. The highest BCUT2D eigenvalue weighted by atomic mass is 32.1. The predicted octanol–water partition coefficient (Wildman–Crippen LogP) is 3.07. The molecule has 0 saturated carbocycles. The first-order valence-electron chi connectivity index (χ1n) is 5.14. The second kappa shape index (κ2) is 5.16. The first-order chi connectivity index (χ1) is 7.06. The molecule has 15 heavy (non-hydrogen) atoms. The molecule has 1 aromatic heterocycles. The minimum absolute atomic E-state index is 0.404. The van der Waals surface area contributed by atoms with Crippen LogP contribution in [0.1, 0.15) is 36.9 Å². The van der Waals surface area contributed by atoms with Gasteiger partial charge < -0.3 is 10.0 Å². The summed E-state index contributed by atoms with van der Waals surface area (Å²) in [6, 6.07) is 2.16. The number of carboxylic acid groups (broad SMARTS) is 1. The molecule has 0 spiro atoms. The molecule has 0 bridgehead atoms. The fourth-order valence-corrected chi connectivity index (χ4v) is 2.26. The second-order valence-corrected chi connectivity index (χ2v) is 4.67. The van der Waals surface area contributed by atoms with Gasteiger partial charge in [0.1, 0.15) is 4.88 Å². The molecule has 1 heterocycles. The van der Waals surface area contributed by atoms with Crippen molar-refractivity contribution in [1.82, 2.24) is 0 Å². The second-order valence-electron chi connectivity index (χ2n) is 3.76. The average Bonchev–Trinajstić information content (AvgIpc) is 2.62. The summed E-state index contributed by atoms with van der Waals surface area (Å²) in [5.74, 6) is -0.841. The van der Waals surface area contributed by atoms with Crippen molar-refractivity contribution in [3.8, 4) is 0 Å². The van der Waals surface area contributed by atoms with E-state index < -0.39 is 5.97 Å². The van der Waals surface area contributed by atoms with E-state index in [2.05, 4.69) is 25.7 Å². The van der Waals surface area contributed by atoms with Crippen molar-refractivity contribution in [2.75, 3.05) is 11.4 Å². The van der Waals surface area contributed by atoms with Crippen LogP contribution in [-0.2, 0) is 0 Å². The average molecular weight is 227 g/mol. The van der Waals surface area contributed by atoms with Crippen molar-refractivity contribution in [3.63, 3.8) is 0 Å². The molecule has 1 N–H and O–H groups in total. The number of carbonyl (C=O) groups is 1. The molecule has 0 unspecified atom stereocenters. The summed E-state index contributed by atoms with van der Waals surface area (Å²) in [7, 11) is 0. The van der Waals surface area contributed by atoms with Gasteiger partial charge >= 0.3 is 5.97 Å². The van der Waals surface area contributed by atoms with Gasteiger partial charge in [0.15, 0.2) is 0 Å². The van der Waals surface area contributed by atoms with Crippen molar-refractivity contribution >= 4 is 23.0 Å². The maximum absolute atomic E-state index is 10.8. The highest BCUT2D eigenvalue weighted by Crippen LogP contribution is 2.25. The van der Waals surface area contributed by atoms with Crippen LogP contribution in [0.15, 0.2) is 11.4 Å². The number of hydrogen-bond donors (Lipinski definition) is 1. The largest absolute Gasteiger partial charge is 0.477 e. The molecule has 3 nitrogen and oxygen atoms in total. The van der Waals surface area contributed by atoms with Crippen LogP contribution in [0.25, 0.3) is 0 Å². The van der Waals surface area contributed by atoms with Gasteiger partial charge in [-0.25, -0.2) is 4.79 Å². The highest BCUT2D eigenvalue weighted by Gasteiger charge is 2.13. The van der Waals surface area contributed by atoms with Crippen molar-refractivity contribution in [3.05, 3.63) is 16.3 Å². The Kier molecular flexibility index (Phi) is 4.15. The number of rotatable bonds is 5. The molecule has 0 atom stereocenters. The molecule has 4 heteroatoms. The lowest BCUT2D eigenvalue weighted by molar-refractivity contribution is 0.0702. The van der Waals surface area contributed by atoms with Gasteiger partial charge in [-0.3, -0.25) is 0 Å². The zero-order valence-corrected chi connectivity index (χ0v) is 10.2. The third-order valence-corrected chi connectivity index (χ3v) is 3.12. The van der Waals surface area contributed by atoms with Gasteiger partial charge in [0.2, 0.25) is 0 Å². The van der Waals surface area contributed by atoms with Gasteiger partial charge in [0.25, 0.3) is 0 Å². The first-order valence-corrected chi connectivity index (χ1v) is 6.02. The van der Waals surface area contributed by atoms with Crippen LogP contribution in [0.3, 0.4) is 0 Å². The predicted molar refractivity (Wildman–Crippen MR) is 64.1 cm³/mol. The van der Waals surface area contributed by atoms with E-state index in [1.165, 1.54) is 11.3 Å². The first kappa shape index (κ1) is 12.0. The van der Waals surface area contributed by atoms with Gasteiger partial charge in [0, 0.05) is 23.7 Å². The van der Waals surface area contributed by atoms with Crippen LogP contribution in [0.4, 0.5) is 5.69 Å². The molecule has 0 radical (unpaired) electrons. The summed E-state index contributed by atoms with van der Waals surface area (Å²) in [6.07, 6.45) is 1.07. The maximum atomic E-state index is 10.8. The Morgan fingerprint density at radius 1 is 1.60 bits per heavy atom. The van der Waals surface area contributed by atoms with E-state index >= 15 is 0 Å². The van der Waals surface area contributed by atoms with E-state index in [0.29, 0.717) is 10.9 Å². The van der Waals surface area contributed by atoms with Gasteiger partial charge in [-0.2, -0.15) is 0 Å². The minimum atomic E-state index is -0.841. The Morgan fingerprint density at radius 2 is 2.27 bits per heavy atom. The monoisotopic (exact) mass is 227 g/mol. The van der Waals surface area contributed by atoms with Gasteiger partial charge in [-0.15, -0.1) is 11.3 Å². The molecule has 0 fully saturated rings. The van der Waals surface area contributed by atoms with E-state index in [1.807, 2.05) is 5.38 Å². The zero-order chi connectivity index (χ0) is 11.4. The van der Waals surface area contributed by atoms with E-state index in [0.717, 1.165) is 18.7 Å². The Hall–Kier alpha value is -1.03. The van der Waals surface area contributed by atoms with Crippen molar-refractivity contribution < 1.29 is 9.90 Å². The van der Waals surface area contributed by atoms with Crippen LogP contribution in [0, 0.1) is 0 Å². The summed E-state index contributed by atoms with van der Waals surface area (Å²) >= 11 is 1.29. The van der Waals surface area contributed by atoms with Gasteiger partial charge in [-0.1, -0.05) is 6.92 Å². The number of thiophene rings is 1. The molecule has 0 saturated heterocycles. The molecule has 0 amide bonds. The Bertz CT molecular complexity index is 333. The molecular weight excluding hydrogens is 210 g/mol. The standard InChI is InChI=1S/C11H17NO2S/c1-4-5-12(8(2)3)9-6-10(11(13)14)15-7-9/h6-8H,4-5H2,1-3H3,(H,13,14). The summed E-state index contributed by atoms with van der Waals surface area (Å²) in [6.45, 7) is 7.33. The topological polar surface area (TPSA) is 40.5 Å². The van der Waals surface area contributed by atoms with Crippen molar-refractivity contribution in [2.45, 2.75) is 33.2 Å². The fourth-order valence-electron chi connectivity index (χ4n) is 1.52. The lowest BCUT2D eigenvalue weighted by atomic mass is 10.2. The SMILES string of the molecule is CCCN(c1csc(C(=O)O)c1)C(C)C. The molecule has 0 aliphatic heterocycles. The Morgan fingerprint density at radius 3 is 2.67 bits per heavy atom. The van der Waals surface area contributed by atoms with Crippen molar-refractivity contribution in [1.29, 1.82) is 0 Å². The number of carboxylic acids is 1. The molecule has 0 aromatic carbocycles. The van der Waals surface area contributed by atoms with Crippen LogP contribution >= 0.6 is 11.3 Å². The number of anilines is 1. The molecule has 0 aliphatic rings. The third-order valence-electron chi connectivity index (χ3n) is 2.22. The van der Waals surface area contributed by atoms with E-state index in [1.54, 1.807) is 6.07 Å². The van der Waals surface area contributed by atoms with Crippen LogP contribution < -0.4 is 4.90 Å². The van der Waals surface area contributed by atoms with E-state index in [9.17, 15) is 4.79 Å². The van der Waals surface area contributed by atoms with E-state index in [-0.39, 0.29) is 0 Å². The molecular formula is C11H17NO2S. The quantitative estimate of drug-likeness (QED) is 0.840. The Balaban J connectivity index is 2.86. The van der Waals surface area contributed by atoms with Gasteiger partial charge in [0.05, 0.1) is 0 Å². The fraction of sp³-hybridized carbons (Fsp3) is 0.545.